The highest BCUT2D eigenvalue weighted by Gasteiger charge is 2.24. The summed E-state index contributed by atoms with van der Waals surface area (Å²) in [6.45, 7) is 3.14. The minimum Gasteiger partial charge on any atom is -0.307 e. The number of hydrogen-bond donors (Lipinski definition) is 4. The van der Waals surface area contributed by atoms with Gasteiger partial charge in [0.1, 0.15) is 10.7 Å². The molecular weight excluding hydrogens is 344 g/mol. The van der Waals surface area contributed by atoms with Gasteiger partial charge in [0.15, 0.2) is 15.7 Å². The minimum atomic E-state index is -3.60. The van der Waals surface area contributed by atoms with Crippen molar-refractivity contribution in [2.24, 2.45) is 5.84 Å². The molecule has 0 aromatic carbocycles. The van der Waals surface area contributed by atoms with E-state index >= 15 is 0 Å². The van der Waals surface area contributed by atoms with E-state index < -0.39 is 21.0 Å². The number of hydrogen-bond acceptors (Lipinski definition) is 8. The van der Waals surface area contributed by atoms with E-state index in [9.17, 15) is 13.2 Å². The highest BCUT2D eigenvalue weighted by molar-refractivity contribution is 7.92. The maximum absolute atomic E-state index is 12.5. The topological polar surface area (TPSA) is 151 Å². The number of aromatic nitrogens is 2. The van der Waals surface area contributed by atoms with Gasteiger partial charge >= 0.3 is 0 Å². The lowest BCUT2D eigenvalue weighted by Gasteiger charge is -2.13. The lowest BCUT2D eigenvalue weighted by Crippen LogP contribution is -2.19. The van der Waals surface area contributed by atoms with Crippen molar-refractivity contribution in [3.05, 3.63) is 30.6 Å². The van der Waals surface area contributed by atoms with Crippen molar-refractivity contribution in [1.29, 1.82) is 5.41 Å². The third-order valence-electron chi connectivity index (χ3n) is 3.39. The molecule has 0 radical (unpaired) electrons. The van der Waals surface area contributed by atoms with Gasteiger partial charge in [-0.15, -0.1) is 0 Å². The largest absolute Gasteiger partial charge is 0.307 e. The number of nitrogens with one attached hydrogen (secondary N) is 3. The van der Waals surface area contributed by atoms with E-state index in [-0.39, 0.29) is 16.5 Å². The fraction of sp³-hybridized carbons (Fsp3) is 0.200. The van der Waals surface area contributed by atoms with Crippen LogP contribution in [0.4, 0.5) is 11.6 Å². The summed E-state index contributed by atoms with van der Waals surface area (Å²) in [7, 11) is -3.60. The molecule has 132 valence electrons. The predicted octanol–water partition coefficient (Wildman–Crippen LogP) is 1.20. The summed E-state index contributed by atoms with van der Waals surface area (Å²) in [5, 5.41) is 8.68. The van der Waals surface area contributed by atoms with E-state index in [0.29, 0.717) is 17.3 Å². The van der Waals surface area contributed by atoms with Crippen molar-refractivity contribution in [3.63, 3.8) is 0 Å². The first-order chi connectivity index (χ1) is 11.8. The standard InChI is InChI=1S/C15H18N6O3S/c1-9(2)25(23,24)12-5-11(8-19-15(12)21-17)10-3-4-18-13(6-10)20-14(22)7-16/h3-9,16H,17H2,1-2H3,(H,19,21)(H,18,20,22). The molecule has 0 aliphatic carbocycles. The van der Waals surface area contributed by atoms with Crippen LogP contribution in [0.15, 0.2) is 35.5 Å². The predicted molar refractivity (Wildman–Crippen MR) is 95.0 cm³/mol. The second kappa shape index (κ2) is 7.36. The molecule has 0 saturated carbocycles. The van der Waals surface area contributed by atoms with Gasteiger partial charge in [0.05, 0.1) is 11.5 Å². The summed E-state index contributed by atoms with van der Waals surface area (Å²) < 4.78 is 25.0. The minimum absolute atomic E-state index is 0.00982. The molecular formula is C15H18N6O3S. The highest BCUT2D eigenvalue weighted by Crippen LogP contribution is 2.29. The molecule has 0 atom stereocenters. The molecule has 25 heavy (non-hydrogen) atoms. The van der Waals surface area contributed by atoms with Gasteiger partial charge < -0.3 is 16.2 Å². The molecule has 10 heteroatoms. The number of carbonyl (C=O) groups excluding carboxylic acids is 1. The van der Waals surface area contributed by atoms with Crippen LogP contribution < -0.4 is 16.6 Å². The van der Waals surface area contributed by atoms with E-state index in [1.807, 2.05) is 0 Å². The molecule has 2 heterocycles. The van der Waals surface area contributed by atoms with E-state index in [1.165, 1.54) is 18.5 Å². The zero-order chi connectivity index (χ0) is 18.6. The van der Waals surface area contributed by atoms with Crippen LogP contribution in [0.3, 0.4) is 0 Å². The summed E-state index contributed by atoms with van der Waals surface area (Å²) in [5.74, 6) is 5.05. The Balaban J connectivity index is 2.53. The second-order valence-electron chi connectivity index (χ2n) is 5.37. The number of amides is 1. The Hall–Kier alpha value is -2.85. The Morgan fingerprint density at radius 2 is 2.00 bits per heavy atom. The van der Waals surface area contributed by atoms with Crippen molar-refractivity contribution in [3.8, 4) is 11.1 Å². The Kier molecular flexibility index (Phi) is 5.45. The number of rotatable bonds is 6. The summed E-state index contributed by atoms with van der Waals surface area (Å²) in [6, 6.07) is 4.67. The zero-order valence-electron chi connectivity index (χ0n) is 13.6. The van der Waals surface area contributed by atoms with Gasteiger partial charge in [-0.25, -0.2) is 24.2 Å². The molecule has 1 amide bonds. The Morgan fingerprint density at radius 1 is 1.28 bits per heavy atom. The van der Waals surface area contributed by atoms with Crippen molar-refractivity contribution < 1.29 is 13.2 Å². The summed E-state index contributed by atoms with van der Waals surface area (Å²) in [4.78, 5) is 19.3. The normalized spacial score (nSPS) is 11.2. The first-order valence-corrected chi connectivity index (χ1v) is 8.82. The Morgan fingerprint density at radius 3 is 2.60 bits per heavy atom. The molecule has 2 aromatic heterocycles. The van der Waals surface area contributed by atoms with E-state index in [0.717, 1.165) is 0 Å². The first kappa shape index (κ1) is 18.5. The number of nitrogens with zero attached hydrogens (tertiary/aromatic N) is 2. The molecule has 0 fully saturated rings. The maximum atomic E-state index is 12.5. The molecule has 5 N–H and O–H groups in total. The SMILES string of the molecule is CC(C)S(=O)(=O)c1cc(-c2ccnc(NC(=O)C=N)c2)cnc1NN. The van der Waals surface area contributed by atoms with Gasteiger partial charge in [-0.3, -0.25) is 4.79 Å². The highest BCUT2D eigenvalue weighted by atomic mass is 32.2. The van der Waals surface area contributed by atoms with Gasteiger partial charge in [-0.2, -0.15) is 0 Å². The molecule has 9 nitrogen and oxygen atoms in total. The second-order valence-corrected chi connectivity index (χ2v) is 7.84. The van der Waals surface area contributed by atoms with Crippen LogP contribution in [-0.4, -0.2) is 35.8 Å². The number of pyridine rings is 2. The van der Waals surface area contributed by atoms with Crippen LogP contribution in [0.1, 0.15) is 13.8 Å². The summed E-state index contributed by atoms with van der Waals surface area (Å²) in [6.07, 6.45) is 3.55. The fourth-order valence-corrected chi connectivity index (χ4v) is 3.20. The number of sulfone groups is 1. The number of nitrogens with two attached hydrogens (primary N) is 1. The number of nitrogen functional groups attached to an aromatic ring is 1. The first-order valence-electron chi connectivity index (χ1n) is 7.28. The van der Waals surface area contributed by atoms with Crippen LogP contribution in [0, 0.1) is 5.41 Å². The molecule has 0 bridgehead atoms. The molecule has 0 aliphatic heterocycles. The van der Waals surface area contributed by atoms with Crippen molar-refractivity contribution in [2.45, 2.75) is 24.0 Å². The van der Waals surface area contributed by atoms with Crippen molar-refractivity contribution in [2.75, 3.05) is 10.7 Å². The van der Waals surface area contributed by atoms with Crippen LogP contribution in [-0.2, 0) is 14.6 Å². The van der Waals surface area contributed by atoms with Gasteiger partial charge in [0.25, 0.3) is 5.91 Å². The molecule has 2 aromatic rings. The number of anilines is 2. The third-order valence-corrected chi connectivity index (χ3v) is 5.56. The molecule has 0 aliphatic rings. The van der Waals surface area contributed by atoms with Crippen molar-refractivity contribution in [1.82, 2.24) is 9.97 Å². The average molecular weight is 362 g/mol. The van der Waals surface area contributed by atoms with E-state index in [2.05, 4.69) is 20.7 Å². The molecule has 0 saturated heterocycles. The monoisotopic (exact) mass is 362 g/mol. The zero-order valence-corrected chi connectivity index (χ0v) is 14.5. The average Bonchev–Trinajstić information content (AvgIpc) is 2.61. The summed E-state index contributed by atoms with van der Waals surface area (Å²) >= 11 is 0. The van der Waals surface area contributed by atoms with Crippen LogP contribution in [0.2, 0.25) is 0 Å². The molecule has 0 unspecified atom stereocenters. The number of hydrazine groups is 1. The maximum Gasteiger partial charge on any atom is 0.267 e. The fourth-order valence-electron chi connectivity index (χ4n) is 2.02. The van der Waals surface area contributed by atoms with Crippen molar-refractivity contribution >= 4 is 33.6 Å². The Bertz CT molecular complexity index is 911. The lowest BCUT2D eigenvalue weighted by atomic mass is 10.1. The quantitative estimate of drug-likeness (QED) is 0.342. The van der Waals surface area contributed by atoms with Gasteiger partial charge in [-0.1, -0.05) is 0 Å². The lowest BCUT2D eigenvalue weighted by molar-refractivity contribution is -0.110. The van der Waals surface area contributed by atoms with Crippen LogP contribution in [0.5, 0.6) is 0 Å². The summed E-state index contributed by atoms with van der Waals surface area (Å²) in [5.41, 5.74) is 3.42. The molecule has 2 rings (SSSR count). The van der Waals surface area contributed by atoms with E-state index in [4.69, 9.17) is 11.3 Å². The van der Waals surface area contributed by atoms with Crippen LogP contribution in [0.25, 0.3) is 11.1 Å². The smallest absolute Gasteiger partial charge is 0.267 e. The molecule has 0 spiro atoms. The van der Waals surface area contributed by atoms with Gasteiger partial charge in [0.2, 0.25) is 0 Å². The van der Waals surface area contributed by atoms with Gasteiger partial charge in [-0.05, 0) is 37.6 Å². The van der Waals surface area contributed by atoms with E-state index in [1.54, 1.807) is 26.0 Å². The number of carbonyl (C=O) groups is 1. The van der Waals surface area contributed by atoms with Crippen LogP contribution >= 0.6 is 0 Å². The third kappa shape index (κ3) is 3.98. The Labute approximate surface area is 145 Å². The van der Waals surface area contributed by atoms with Gasteiger partial charge in [0, 0.05) is 18.0 Å².